The van der Waals surface area contributed by atoms with Crippen molar-refractivity contribution in [3.05, 3.63) is 0 Å². The molecular weight excluding hydrogens is 158 g/mol. The topological polar surface area (TPSA) is 12.0 Å². The summed E-state index contributed by atoms with van der Waals surface area (Å²) in [6.07, 6.45) is 1.26. The molecule has 0 aliphatic carbocycles. The van der Waals surface area contributed by atoms with Crippen LogP contribution in [0.2, 0.25) is 0 Å². The van der Waals surface area contributed by atoms with E-state index in [0.29, 0.717) is 5.41 Å². The molecule has 0 radical (unpaired) electrons. The molecule has 80 valence electrons. The predicted octanol–water partition coefficient (Wildman–Crippen LogP) is 3.30. The van der Waals surface area contributed by atoms with Gasteiger partial charge in [0.05, 0.1) is 0 Å². The summed E-state index contributed by atoms with van der Waals surface area (Å²) >= 11 is 0. The van der Waals surface area contributed by atoms with Gasteiger partial charge in [0.25, 0.3) is 0 Å². The first-order valence-electron chi connectivity index (χ1n) is 5.53. The van der Waals surface area contributed by atoms with Gasteiger partial charge in [0.1, 0.15) is 0 Å². The summed E-state index contributed by atoms with van der Waals surface area (Å²) in [5.41, 5.74) is 0.466. The van der Waals surface area contributed by atoms with E-state index in [1.165, 1.54) is 6.42 Å². The third-order valence-electron chi connectivity index (χ3n) is 2.66. The van der Waals surface area contributed by atoms with Crippen LogP contribution in [0, 0.1) is 17.3 Å². The van der Waals surface area contributed by atoms with Gasteiger partial charge in [0, 0.05) is 0 Å². The Bertz CT molecular complexity index is 122. The fourth-order valence-electron chi connectivity index (χ4n) is 1.03. The Balaban J connectivity index is 3.36. The van der Waals surface area contributed by atoms with Crippen LogP contribution in [0.25, 0.3) is 0 Å². The summed E-state index contributed by atoms with van der Waals surface area (Å²) in [4.78, 5) is 0. The van der Waals surface area contributed by atoms with Gasteiger partial charge in [-0.2, -0.15) is 0 Å². The molecule has 0 saturated heterocycles. The monoisotopic (exact) mass is 185 g/mol. The molecule has 0 saturated carbocycles. The lowest BCUT2D eigenvalue weighted by molar-refractivity contribution is 0.342. The van der Waals surface area contributed by atoms with Gasteiger partial charge in [0.2, 0.25) is 0 Å². The number of rotatable bonds is 5. The Labute approximate surface area is 84.3 Å². The van der Waals surface area contributed by atoms with Gasteiger partial charge in [-0.25, -0.2) is 0 Å². The van der Waals surface area contributed by atoms with E-state index in [2.05, 4.69) is 46.9 Å². The van der Waals surface area contributed by atoms with E-state index in [-0.39, 0.29) is 0 Å². The van der Waals surface area contributed by atoms with Crippen LogP contribution in [0.15, 0.2) is 0 Å². The molecule has 0 heterocycles. The molecule has 0 aliphatic heterocycles. The van der Waals surface area contributed by atoms with Crippen molar-refractivity contribution < 1.29 is 0 Å². The molecule has 1 N–H and O–H groups in total. The minimum atomic E-state index is 0.466. The summed E-state index contributed by atoms with van der Waals surface area (Å²) in [5, 5.41) is 3.52. The van der Waals surface area contributed by atoms with Crippen LogP contribution in [0.1, 0.15) is 48.0 Å². The summed E-state index contributed by atoms with van der Waals surface area (Å²) in [5.74, 6) is 1.59. The lowest BCUT2D eigenvalue weighted by atomic mass is 9.92. The van der Waals surface area contributed by atoms with Gasteiger partial charge in [-0.1, -0.05) is 41.5 Å². The van der Waals surface area contributed by atoms with Gasteiger partial charge in [0.15, 0.2) is 0 Å². The maximum atomic E-state index is 3.52. The second-order valence-electron chi connectivity index (χ2n) is 5.74. The molecule has 1 atom stereocenters. The van der Waals surface area contributed by atoms with Crippen molar-refractivity contribution in [2.45, 2.75) is 48.0 Å². The van der Waals surface area contributed by atoms with Crippen LogP contribution >= 0.6 is 0 Å². The molecule has 0 bridgehead atoms. The van der Waals surface area contributed by atoms with E-state index < -0.39 is 0 Å². The van der Waals surface area contributed by atoms with Gasteiger partial charge >= 0.3 is 0 Å². The van der Waals surface area contributed by atoms with Gasteiger partial charge < -0.3 is 5.32 Å². The number of nitrogens with one attached hydrogen (secondary N) is 1. The summed E-state index contributed by atoms with van der Waals surface area (Å²) in [7, 11) is 0. The molecule has 0 fully saturated rings. The minimum absolute atomic E-state index is 0.466. The van der Waals surface area contributed by atoms with Crippen molar-refractivity contribution in [2.75, 3.05) is 13.1 Å². The quantitative estimate of drug-likeness (QED) is 0.648. The first-order valence-corrected chi connectivity index (χ1v) is 5.53. The summed E-state index contributed by atoms with van der Waals surface area (Å²) in [6.45, 7) is 16.1. The molecule has 1 heteroatoms. The Kier molecular flexibility index (Phi) is 5.62. The highest BCUT2D eigenvalue weighted by molar-refractivity contribution is 4.65. The highest BCUT2D eigenvalue weighted by Gasteiger charge is 2.10. The highest BCUT2D eigenvalue weighted by atomic mass is 14.9. The van der Waals surface area contributed by atoms with Crippen molar-refractivity contribution in [3.63, 3.8) is 0 Å². The molecule has 0 unspecified atom stereocenters. The molecule has 0 aliphatic rings. The second kappa shape index (κ2) is 5.64. The Morgan fingerprint density at radius 2 is 1.62 bits per heavy atom. The van der Waals surface area contributed by atoms with Crippen LogP contribution in [-0.4, -0.2) is 13.1 Å². The SMILES string of the molecule is CC(C)[C@H](C)CNCCC(C)(C)C. The van der Waals surface area contributed by atoms with Gasteiger partial charge in [-0.05, 0) is 36.8 Å². The molecule has 1 nitrogen and oxygen atoms in total. The van der Waals surface area contributed by atoms with Gasteiger partial charge in [-0.3, -0.25) is 0 Å². The highest BCUT2D eigenvalue weighted by Crippen LogP contribution is 2.17. The molecule has 0 amide bonds. The van der Waals surface area contributed by atoms with E-state index in [1.54, 1.807) is 0 Å². The average Bonchev–Trinajstić information content (AvgIpc) is 1.95. The molecule has 0 rings (SSSR count). The lowest BCUT2D eigenvalue weighted by Gasteiger charge is -2.20. The molecule has 13 heavy (non-hydrogen) atoms. The van der Waals surface area contributed by atoms with Crippen molar-refractivity contribution in [1.82, 2.24) is 5.32 Å². The Morgan fingerprint density at radius 3 is 2.00 bits per heavy atom. The first kappa shape index (κ1) is 13.0. The van der Waals surface area contributed by atoms with Crippen LogP contribution < -0.4 is 5.32 Å². The summed E-state index contributed by atoms with van der Waals surface area (Å²) < 4.78 is 0. The smallest absolute Gasteiger partial charge is 0.00207 e. The van der Waals surface area contributed by atoms with Crippen LogP contribution in [0.3, 0.4) is 0 Å². The zero-order valence-corrected chi connectivity index (χ0v) is 10.3. The maximum Gasteiger partial charge on any atom is -0.00207 e. The van der Waals surface area contributed by atoms with Crippen LogP contribution in [-0.2, 0) is 0 Å². The van der Waals surface area contributed by atoms with Crippen LogP contribution in [0.5, 0.6) is 0 Å². The number of hydrogen-bond acceptors (Lipinski definition) is 1. The van der Waals surface area contributed by atoms with Gasteiger partial charge in [-0.15, -0.1) is 0 Å². The predicted molar refractivity (Wildman–Crippen MR) is 60.9 cm³/mol. The normalized spacial score (nSPS) is 15.0. The Hall–Kier alpha value is -0.0400. The van der Waals surface area contributed by atoms with Crippen molar-refractivity contribution in [1.29, 1.82) is 0 Å². The standard InChI is InChI=1S/C12H27N/c1-10(2)11(3)9-13-8-7-12(4,5)6/h10-11,13H,7-9H2,1-6H3/t11-/m1/s1. The van der Waals surface area contributed by atoms with E-state index in [9.17, 15) is 0 Å². The largest absolute Gasteiger partial charge is 0.316 e. The van der Waals surface area contributed by atoms with E-state index in [4.69, 9.17) is 0 Å². The minimum Gasteiger partial charge on any atom is -0.316 e. The van der Waals surface area contributed by atoms with Crippen molar-refractivity contribution in [3.8, 4) is 0 Å². The average molecular weight is 185 g/mol. The molecule has 0 spiro atoms. The third-order valence-corrected chi connectivity index (χ3v) is 2.66. The molecular formula is C12H27N. The van der Waals surface area contributed by atoms with E-state index in [1.807, 2.05) is 0 Å². The third kappa shape index (κ3) is 8.29. The van der Waals surface area contributed by atoms with Crippen molar-refractivity contribution in [2.24, 2.45) is 17.3 Å². The zero-order chi connectivity index (χ0) is 10.5. The van der Waals surface area contributed by atoms with Crippen LogP contribution in [0.4, 0.5) is 0 Å². The maximum absolute atomic E-state index is 3.52. The molecule has 0 aromatic rings. The second-order valence-corrected chi connectivity index (χ2v) is 5.74. The van der Waals surface area contributed by atoms with E-state index in [0.717, 1.165) is 24.9 Å². The first-order chi connectivity index (χ1) is 5.83. The Morgan fingerprint density at radius 1 is 1.08 bits per heavy atom. The molecule has 0 aromatic heterocycles. The number of hydrogen-bond donors (Lipinski definition) is 1. The van der Waals surface area contributed by atoms with Crippen molar-refractivity contribution >= 4 is 0 Å². The fraction of sp³-hybridized carbons (Fsp3) is 1.00. The fourth-order valence-corrected chi connectivity index (χ4v) is 1.03. The molecule has 0 aromatic carbocycles. The lowest BCUT2D eigenvalue weighted by Crippen LogP contribution is -2.27. The summed E-state index contributed by atoms with van der Waals surface area (Å²) in [6, 6.07) is 0. The zero-order valence-electron chi connectivity index (χ0n) is 10.3. The van der Waals surface area contributed by atoms with E-state index >= 15 is 0 Å².